The predicted molar refractivity (Wildman–Crippen MR) is 89.6 cm³/mol. The van der Waals surface area contributed by atoms with Gasteiger partial charge in [-0.3, -0.25) is 0 Å². The van der Waals surface area contributed by atoms with Crippen LogP contribution in [-0.2, 0) is 4.74 Å². The van der Waals surface area contributed by atoms with Gasteiger partial charge in [0.2, 0.25) is 0 Å². The lowest BCUT2D eigenvalue weighted by Gasteiger charge is -2.36. The molecular weight excluding hydrogens is 292 g/mol. The number of anilines is 1. The van der Waals surface area contributed by atoms with Gasteiger partial charge >= 0.3 is 6.09 Å². The molecule has 1 saturated heterocycles. The maximum atomic E-state index is 12.1. The van der Waals surface area contributed by atoms with Gasteiger partial charge in [0.05, 0.1) is 5.52 Å². The van der Waals surface area contributed by atoms with Gasteiger partial charge in [-0.15, -0.1) is 0 Å². The van der Waals surface area contributed by atoms with Crippen LogP contribution in [0.1, 0.15) is 20.8 Å². The van der Waals surface area contributed by atoms with Gasteiger partial charge in [0.1, 0.15) is 17.7 Å². The van der Waals surface area contributed by atoms with Crippen molar-refractivity contribution in [3.05, 3.63) is 30.6 Å². The molecule has 2 aromatic rings. The second-order valence-electron chi connectivity index (χ2n) is 6.67. The van der Waals surface area contributed by atoms with Gasteiger partial charge in [-0.1, -0.05) is 12.1 Å². The quantitative estimate of drug-likeness (QED) is 0.810. The molecule has 0 saturated carbocycles. The van der Waals surface area contributed by atoms with E-state index >= 15 is 0 Å². The number of aromatic nitrogens is 2. The third-order valence-corrected chi connectivity index (χ3v) is 3.75. The summed E-state index contributed by atoms with van der Waals surface area (Å²) in [6.07, 6.45) is 1.35. The average molecular weight is 314 g/mol. The second-order valence-corrected chi connectivity index (χ2v) is 6.67. The fourth-order valence-electron chi connectivity index (χ4n) is 2.67. The Kier molecular flexibility index (Phi) is 4.07. The largest absolute Gasteiger partial charge is 0.444 e. The van der Waals surface area contributed by atoms with Crippen molar-refractivity contribution < 1.29 is 9.53 Å². The van der Waals surface area contributed by atoms with Gasteiger partial charge in [-0.2, -0.15) is 0 Å². The van der Waals surface area contributed by atoms with E-state index in [2.05, 4.69) is 14.9 Å². The summed E-state index contributed by atoms with van der Waals surface area (Å²) >= 11 is 0. The number of piperazine rings is 1. The van der Waals surface area contributed by atoms with Gasteiger partial charge in [0, 0.05) is 31.6 Å². The summed E-state index contributed by atoms with van der Waals surface area (Å²) in [5, 5.41) is 1.04. The average Bonchev–Trinajstić information content (AvgIpc) is 2.53. The third kappa shape index (κ3) is 3.52. The predicted octanol–water partition coefficient (Wildman–Crippen LogP) is 2.69. The second kappa shape index (κ2) is 6.02. The Labute approximate surface area is 136 Å². The maximum Gasteiger partial charge on any atom is 0.410 e. The number of ether oxygens (including phenoxy) is 1. The molecule has 6 heteroatoms. The van der Waals surface area contributed by atoms with Gasteiger partial charge in [-0.25, -0.2) is 14.8 Å². The molecule has 3 rings (SSSR count). The topological polar surface area (TPSA) is 58.6 Å². The number of hydrogen-bond donors (Lipinski definition) is 0. The molecule has 1 aliphatic heterocycles. The lowest BCUT2D eigenvalue weighted by atomic mass is 10.2. The first-order valence-corrected chi connectivity index (χ1v) is 7.87. The molecule has 0 atom stereocenters. The summed E-state index contributed by atoms with van der Waals surface area (Å²) in [7, 11) is 0. The normalized spacial score (nSPS) is 15.8. The van der Waals surface area contributed by atoms with Crippen LogP contribution in [0.25, 0.3) is 10.9 Å². The number of fused-ring (bicyclic) bond motifs is 1. The Morgan fingerprint density at radius 1 is 1.09 bits per heavy atom. The highest BCUT2D eigenvalue weighted by molar-refractivity contribution is 5.89. The van der Waals surface area contributed by atoms with Crippen LogP contribution < -0.4 is 4.90 Å². The minimum Gasteiger partial charge on any atom is -0.444 e. The Morgan fingerprint density at radius 2 is 1.78 bits per heavy atom. The van der Waals surface area contributed by atoms with Crippen molar-refractivity contribution in [2.45, 2.75) is 26.4 Å². The molecule has 23 heavy (non-hydrogen) atoms. The molecule has 2 heterocycles. The summed E-state index contributed by atoms with van der Waals surface area (Å²) in [6.45, 7) is 8.39. The minimum absolute atomic E-state index is 0.246. The number of rotatable bonds is 1. The fraction of sp³-hybridized carbons (Fsp3) is 0.471. The number of para-hydroxylation sites is 1. The minimum atomic E-state index is -0.461. The molecule has 1 amide bonds. The van der Waals surface area contributed by atoms with Crippen LogP contribution in [0.3, 0.4) is 0 Å². The Morgan fingerprint density at radius 3 is 2.48 bits per heavy atom. The molecule has 0 unspecified atom stereocenters. The van der Waals surface area contributed by atoms with Crippen LogP contribution in [0.4, 0.5) is 10.6 Å². The fourth-order valence-corrected chi connectivity index (χ4v) is 2.67. The summed E-state index contributed by atoms with van der Waals surface area (Å²) < 4.78 is 5.43. The summed E-state index contributed by atoms with van der Waals surface area (Å²) in [5.41, 5.74) is 0.476. The first-order valence-electron chi connectivity index (χ1n) is 7.87. The Bertz CT molecular complexity index is 698. The number of carbonyl (C=O) groups excluding carboxylic acids is 1. The van der Waals surface area contributed by atoms with Crippen molar-refractivity contribution in [3.8, 4) is 0 Å². The van der Waals surface area contributed by atoms with Gasteiger partial charge in [0.15, 0.2) is 0 Å². The van der Waals surface area contributed by atoms with Gasteiger partial charge in [-0.05, 0) is 32.9 Å². The van der Waals surface area contributed by atoms with E-state index in [9.17, 15) is 4.79 Å². The number of amides is 1. The third-order valence-electron chi connectivity index (χ3n) is 3.75. The zero-order valence-electron chi connectivity index (χ0n) is 13.8. The zero-order valence-corrected chi connectivity index (χ0v) is 13.8. The molecule has 122 valence electrons. The highest BCUT2D eigenvalue weighted by Gasteiger charge is 2.26. The number of benzene rings is 1. The maximum absolute atomic E-state index is 12.1. The number of carbonyl (C=O) groups is 1. The SMILES string of the molecule is CC(C)(C)OC(=O)N1CCN(c2ncnc3ccccc23)CC1. The van der Waals surface area contributed by atoms with Crippen molar-refractivity contribution in [1.29, 1.82) is 0 Å². The van der Waals surface area contributed by atoms with Crippen LogP contribution in [0.15, 0.2) is 30.6 Å². The van der Waals surface area contributed by atoms with Crippen molar-refractivity contribution in [2.75, 3.05) is 31.1 Å². The van der Waals surface area contributed by atoms with Crippen LogP contribution in [-0.4, -0.2) is 52.7 Å². The molecule has 1 aromatic carbocycles. The van der Waals surface area contributed by atoms with E-state index in [4.69, 9.17) is 4.74 Å². The monoisotopic (exact) mass is 314 g/mol. The van der Waals surface area contributed by atoms with Crippen LogP contribution in [0, 0.1) is 0 Å². The number of hydrogen-bond acceptors (Lipinski definition) is 5. The van der Waals surface area contributed by atoms with E-state index in [0.717, 1.165) is 29.8 Å². The molecule has 0 spiro atoms. The molecule has 0 radical (unpaired) electrons. The summed E-state index contributed by atoms with van der Waals surface area (Å²) in [4.78, 5) is 24.8. The summed E-state index contributed by atoms with van der Waals surface area (Å²) in [6, 6.07) is 7.98. The molecule has 1 aliphatic rings. The van der Waals surface area contributed by atoms with E-state index in [-0.39, 0.29) is 6.09 Å². The first-order chi connectivity index (χ1) is 10.9. The highest BCUT2D eigenvalue weighted by atomic mass is 16.6. The van der Waals surface area contributed by atoms with Crippen molar-refractivity contribution >= 4 is 22.8 Å². The van der Waals surface area contributed by atoms with E-state index in [1.807, 2.05) is 45.0 Å². The van der Waals surface area contributed by atoms with E-state index < -0.39 is 5.60 Å². The van der Waals surface area contributed by atoms with Gasteiger partial charge < -0.3 is 14.5 Å². The first kappa shape index (κ1) is 15.5. The van der Waals surface area contributed by atoms with Crippen LogP contribution in [0.2, 0.25) is 0 Å². The van der Waals surface area contributed by atoms with Gasteiger partial charge in [0.25, 0.3) is 0 Å². The standard InChI is InChI=1S/C17H22N4O2/c1-17(2,3)23-16(22)21-10-8-20(9-11-21)15-13-6-4-5-7-14(13)18-12-19-15/h4-7,12H,8-11H2,1-3H3. The van der Waals surface area contributed by atoms with E-state index in [1.54, 1.807) is 11.2 Å². The lowest BCUT2D eigenvalue weighted by Crippen LogP contribution is -2.50. The molecular formula is C17H22N4O2. The van der Waals surface area contributed by atoms with Crippen LogP contribution in [0.5, 0.6) is 0 Å². The van der Waals surface area contributed by atoms with Crippen molar-refractivity contribution in [1.82, 2.24) is 14.9 Å². The molecule has 1 aromatic heterocycles. The van der Waals surface area contributed by atoms with Crippen molar-refractivity contribution in [2.24, 2.45) is 0 Å². The highest BCUT2D eigenvalue weighted by Crippen LogP contribution is 2.23. The Balaban J connectivity index is 1.70. The van der Waals surface area contributed by atoms with E-state index in [1.165, 1.54) is 0 Å². The molecule has 0 aliphatic carbocycles. The Hall–Kier alpha value is -2.37. The molecule has 0 N–H and O–H groups in total. The number of nitrogens with zero attached hydrogens (tertiary/aromatic N) is 4. The molecule has 6 nitrogen and oxygen atoms in total. The smallest absolute Gasteiger partial charge is 0.410 e. The van der Waals surface area contributed by atoms with E-state index in [0.29, 0.717) is 13.1 Å². The summed E-state index contributed by atoms with van der Waals surface area (Å²) in [5.74, 6) is 0.930. The zero-order chi connectivity index (χ0) is 16.4. The van der Waals surface area contributed by atoms with Crippen LogP contribution >= 0.6 is 0 Å². The lowest BCUT2D eigenvalue weighted by molar-refractivity contribution is 0.0240. The molecule has 0 bridgehead atoms. The molecule has 1 fully saturated rings. The van der Waals surface area contributed by atoms with Crippen molar-refractivity contribution in [3.63, 3.8) is 0 Å².